The predicted molar refractivity (Wildman–Crippen MR) is 51.3 cm³/mol. The summed E-state index contributed by atoms with van der Waals surface area (Å²) >= 11 is 0. The first-order valence-electron chi connectivity index (χ1n) is 5.36. The van der Waals surface area contributed by atoms with E-state index >= 15 is 0 Å². The topological polar surface area (TPSA) is 49.4 Å². The fraction of sp³-hybridized carbons (Fsp3) is 0.800. The standard InChI is InChI=1S/C10H16N2O2/c13-9-5-2-1-4-8(11-9)12-7-3-6-10(12)14/h8H,1-7H2,(H,11,13). The Morgan fingerprint density at radius 1 is 1.14 bits per heavy atom. The molecule has 0 bridgehead atoms. The number of amides is 2. The van der Waals surface area contributed by atoms with Crippen LogP contribution in [0.5, 0.6) is 0 Å². The Balaban J connectivity index is 2.01. The molecular formula is C10H16N2O2. The maximum atomic E-state index is 11.5. The van der Waals surface area contributed by atoms with E-state index in [0.29, 0.717) is 12.8 Å². The van der Waals surface area contributed by atoms with Crippen LogP contribution in [0.3, 0.4) is 0 Å². The fourth-order valence-corrected chi connectivity index (χ4v) is 2.19. The molecule has 0 radical (unpaired) electrons. The van der Waals surface area contributed by atoms with Crippen LogP contribution < -0.4 is 5.32 Å². The average Bonchev–Trinajstić information content (AvgIpc) is 2.45. The normalized spacial score (nSPS) is 28.9. The fourth-order valence-electron chi connectivity index (χ4n) is 2.19. The molecule has 1 unspecified atom stereocenters. The number of nitrogens with zero attached hydrogens (tertiary/aromatic N) is 1. The van der Waals surface area contributed by atoms with Gasteiger partial charge in [0, 0.05) is 19.4 Å². The average molecular weight is 196 g/mol. The quantitative estimate of drug-likeness (QED) is 0.668. The highest BCUT2D eigenvalue weighted by atomic mass is 16.2. The van der Waals surface area contributed by atoms with Crippen LogP contribution in [0.15, 0.2) is 0 Å². The van der Waals surface area contributed by atoms with Crippen LogP contribution >= 0.6 is 0 Å². The van der Waals surface area contributed by atoms with Gasteiger partial charge in [-0.2, -0.15) is 0 Å². The van der Waals surface area contributed by atoms with Gasteiger partial charge in [-0.1, -0.05) is 0 Å². The Morgan fingerprint density at radius 2 is 2.00 bits per heavy atom. The van der Waals surface area contributed by atoms with Crippen LogP contribution in [0.1, 0.15) is 38.5 Å². The van der Waals surface area contributed by atoms with Crippen LogP contribution in [-0.4, -0.2) is 29.4 Å². The van der Waals surface area contributed by atoms with Crippen molar-refractivity contribution in [2.75, 3.05) is 6.54 Å². The number of carbonyl (C=O) groups excluding carboxylic acids is 2. The first-order valence-corrected chi connectivity index (χ1v) is 5.36. The summed E-state index contributed by atoms with van der Waals surface area (Å²) in [5, 5.41) is 2.92. The van der Waals surface area contributed by atoms with E-state index in [9.17, 15) is 9.59 Å². The first-order chi connectivity index (χ1) is 6.77. The second kappa shape index (κ2) is 3.98. The van der Waals surface area contributed by atoms with Crippen LogP contribution in [0, 0.1) is 0 Å². The van der Waals surface area contributed by atoms with Crippen molar-refractivity contribution in [1.82, 2.24) is 10.2 Å². The van der Waals surface area contributed by atoms with Gasteiger partial charge >= 0.3 is 0 Å². The van der Waals surface area contributed by atoms with Gasteiger partial charge in [-0.3, -0.25) is 9.59 Å². The first kappa shape index (κ1) is 9.49. The van der Waals surface area contributed by atoms with Gasteiger partial charge in [-0.05, 0) is 25.7 Å². The summed E-state index contributed by atoms with van der Waals surface area (Å²) in [6, 6.07) is 0. The molecule has 0 aromatic heterocycles. The third kappa shape index (κ3) is 1.89. The van der Waals surface area contributed by atoms with Crippen molar-refractivity contribution in [2.45, 2.75) is 44.7 Å². The molecule has 4 heteroatoms. The smallest absolute Gasteiger partial charge is 0.224 e. The second-order valence-corrected chi connectivity index (χ2v) is 4.02. The molecule has 2 heterocycles. The van der Waals surface area contributed by atoms with Crippen molar-refractivity contribution in [1.29, 1.82) is 0 Å². The Hall–Kier alpha value is -1.06. The number of carbonyl (C=O) groups is 2. The highest BCUT2D eigenvalue weighted by Gasteiger charge is 2.29. The molecule has 2 aliphatic rings. The van der Waals surface area contributed by atoms with Crippen molar-refractivity contribution >= 4 is 11.8 Å². The van der Waals surface area contributed by atoms with Gasteiger partial charge in [0.05, 0.1) is 0 Å². The number of likely N-dealkylation sites (tertiary alicyclic amines) is 1. The molecular weight excluding hydrogens is 180 g/mol. The van der Waals surface area contributed by atoms with E-state index in [-0.39, 0.29) is 18.0 Å². The molecule has 0 aromatic carbocycles. The number of hydrogen-bond donors (Lipinski definition) is 1. The predicted octanol–water partition coefficient (Wildman–Crippen LogP) is 0.625. The summed E-state index contributed by atoms with van der Waals surface area (Å²) in [5.74, 6) is 0.282. The van der Waals surface area contributed by atoms with E-state index in [4.69, 9.17) is 0 Å². The highest BCUT2D eigenvalue weighted by molar-refractivity contribution is 5.80. The van der Waals surface area contributed by atoms with Gasteiger partial charge < -0.3 is 10.2 Å². The molecule has 1 atom stereocenters. The lowest BCUT2D eigenvalue weighted by atomic mass is 10.2. The molecule has 78 valence electrons. The van der Waals surface area contributed by atoms with E-state index in [1.165, 1.54) is 0 Å². The third-order valence-corrected chi connectivity index (χ3v) is 2.95. The lowest BCUT2D eigenvalue weighted by Gasteiger charge is -2.27. The van der Waals surface area contributed by atoms with Gasteiger partial charge in [0.15, 0.2) is 0 Å². The van der Waals surface area contributed by atoms with Gasteiger partial charge in [0.2, 0.25) is 11.8 Å². The minimum Gasteiger partial charge on any atom is -0.336 e. The summed E-state index contributed by atoms with van der Waals surface area (Å²) in [4.78, 5) is 24.6. The summed E-state index contributed by atoms with van der Waals surface area (Å²) in [6.07, 6.45) is 5.06. The van der Waals surface area contributed by atoms with Gasteiger partial charge in [-0.15, -0.1) is 0 Å². The van der Waals surface area contributed by atoms with E-state index in [0.717, 1.165) is 32.2 Å². The van der Waals surface area contributed by atoms with Gasteiger partial charge in [0.1, 0.15) is 6.17 Å². The molecule has 0 spiro atoms. The summed E-state index contributed by atoms with van der Waals surface area (Å²) in [5.41, 5.74) is 0. The minimum absolute atomic E-state index is 0.0278. The summed E-state index contributed by atoms with van der Waals surface area (Å²) < 4.78 is 0. The van der Waals surface area contributed by atoms with Crippen molar-refractivity contribution in [2.24, 2.45) is 0 Å². The summed E-state index contributed by atoms with van der Waals surface area (Å²) in [6.45, 7) is 0.809. The molecule has 2 aliphatic heterocycles. The zero-order valence-electron chi connectivity index (χ0n) is 8.29. The Kier molecular flexibility index (Phi) is 2.70. The van der Waals surface area contributed by atoms with E-state index in [1.807, 2.05) is 4.90 Å². The largest absolute Gasteiger partial charge is 0.336 e. The maximum Gasteiger partial charge on any atom is 0.224 e. The van der Waals surface area contributed by atoms with Crippen molar-refractivity contribution < 1.29 is 9.59 Å². The second-order valence-electron chi connectivity index (χ2n) is 4.02. The van der Waals surface area contributed by atoms with Crippen molar-refractivity contribution in [3.63, 3.8) is 0 Å². The zero-order valence-corrected chi connectivity index (χ0v) is 8.29. The molecule has 4 nitrogen and oxygen atoms in total. The van der Waals surface area contributed by atoms with Crippen LogP contribution in [0.4, 0.5) is 0 Å². The minimum atomic E-state index is -0.0278. The monoisotopic (exact) mass is 196 g/mol. The van der Waals surface area contributed by atoms with Crippen molar-refractivity contribution in [3.05, 3.63) is 0 Å². The maximum absolute atomic E-state index is 11.5. The van der Waals surface area contributed by atoms with Gasteiger partial charge in [0.25, 0.3) is 0 Å². The van der Waals surface area contributed by atoms with Gasteiger partial charge in [-0.25, -0.2) is 0 Å². The molecule has 2 fully saturated rings. The molecule has 0 aliphatic carbocycles. The SMILES string of the molecule is O=C1CCCCC(N2CCCC2=O)N1. The highest BCUT2D eigenvalue weighted by Crippen LogP contribution is 2.18. The molecule has 0 saturated carbocycles. The Morgan fingerprint density at radius 3 is 2.71 bits per heavy atom. The van der Waals surface area contributed by atoms with E-state index in [1.54, 1.807) is 0 Å². The van der Waals surface area contributed by atoms with Crippen LogP contribution in [0.25, 0.3) is 0 Å². The number of hydrogen-bond acceptors (Lipinski definition) is 2. The van der Waals surface area contributed by atoms with E-state index < -0.39 is 0 Å². The number of rotatable bonds is 1. The molecule has 2 amide bonds. The van der Waals surface area contributed by atoms with Crippen molar-refractivity contribution in [3.8, 4) is 0 Å². The summed E-state index contributed by atoms with van der Waals surface area (Å²) in [7, 11) is 0. The molecule has 2 rings (SSSR count). The molecule has 14 heavy (non-hydrogen) atoms. The lowest BCUT2D eigenvalue weighted by molar-refractivity contribution is -0.132. The van der Waals surface area contributed by atoms with Crippen LogP contribution in [-0.2, 0) is 9.59 Å². The number of nitrogens with one attached hydrogen (secondary N) is 1. The lowest BCUT2D eigenvalue weighted by Crippen LogP contribution is -2.47. The van der Waals surface area contributed by atoms with Crippen LogP contribution in [0.2, 0.25) is 0 Å². The molecule has 0 aromatic rings. The molecule has 1 N–H and O–H groups in total. The Labute approximate surface area is 83.6 Å². The zero-order chi connectivity index (χ0) is 9.97. The Bertz CT molecular complexity index is 253. The third-order valence-electron chi connectivity index (χ3n) is 2.95. The molecule has 2 saturated heterocycles. The van der Waals surface area contributed by atoms with E-state index in [2.05, 4.69) is 5.32 Å².